The lowest BCUT2D eigenvalue weighted by molar-refractivity contribution is -0.0423. The van der Waals surface area contributed by atoms with E-state index in [-0.39, 0.29) is 5.57 Å². The fourth-order valence-electron chi connectivity index (χ4n) is 3.53. The minimum absolute atomic E-state index is 0.233. The summed E-state index contributed by atoms with van der Waals surface area (Å²) >= 11 is 0. The van der Waals surface area contributed by atoms with Crippen LogP contribution in [0, 0.1) is 5.92 Å². The molecule has 2 nitrogen and oxygen atoms in total. The Hall–Kier alpha value is -2.43. The molecule has 25 heavy (non-hydrogen) atoms. The molecule has 2 atom stereocenters. The third-order valence-electron chi connectivity index (χ3n) is 4.85. The maximum Gasteiger partial charge on any atom is 0.276 e. The zero-order valence-electron chi connectivity index (χ0n) is 13.9. The maximum absolute atomic E-state index is 14.9. The van der Waals surface area contributed by atoms with Gasteiger partial charge in [0.05, 0.1) is 22.7 Å². The monoisotopic (exact) mass is 342 g/mol. The Morgan fingerprint density at radius 3 is 2.68 bits per heavy atom. The molecule has 0 saturated carbocycles. The molecule has 0 spiro atoms. The van der Waals surface area contributed by atoms with E-state index in [4.69, 9.17) is 0 Å². The van der Waals surface area contributed by atoms with E-state index >= 15 is 0 Å². The second kappa shape index (κ2) is 5.28. The van der Waals surface area contributed by atoms with Gasteiger partial charge in [0.1, 0.15) is 6.17 Å². The number of aromatic nitrogens is 1. The molecule has 0 radical (unpaired) electrons. The second-order valence-corrected chi connectivity index (χ2v) is 7.07. The highest BCUT2D eigenvalue weighted by atomic mass is 19.3. The number of rotatable bonds is 1. The molecule has 2 aromatic rings. The number of allylic oxidation sites excluding steroid dienone is 4. The van der Waals surface area contributed by atoms with Crippen molar-refractivity contribution in [2.24, 2.45) is 10.9 Å². The maximum atomic E-state index is 14.9. The SMILES string of the molecule is CC1(C)N=C(c2cnc3ccccc3c2)C2=CC=CC(F)(F)C2C1F. The number of fused-ring (bicyclic) bond motifs is 2. The molecule has 0 bridgehead atoms. The summed E-state index contributed by atoms with van der Waals surface area (Å²) in [5, 5.41) is 0.887. The number of para-hydroxylation sites is 1. The van der Waals surface area contributed by atoms with Crippen LogP contribution in [0.25, 0.3) is 10.9 Å². The first kappa shape index (κ1) is 16.1. The number of halogens is 3. The van der Waals surface area contributed by atoms with Gasteiger partial charge in [-0.15, -0.1) is 0 Å². The third-order valence-corrected chi connectivity index (χ3v) is 4.85. The van der Waals surface area contributed by atoms with Crippen LogP contribution in [0.5, 0.6) is 0 Å². The summed E-state index contributed by atoms with van der Waals surface area (Å²) in [5.41, 5.74) is 0.825. The van der Waals surface area contributed by atoms with Gasteiger partial charge in [-0.05, 0) is 37.6 Å². The third kappa shape index (κ3) is 2.49. The van der Waals surface area contributed by atoms with Crippen molar-refractivity contribution in [3.8, 4) is 0 Å². The van der Waals surface area contributed by atoms with Crippen LogP contribution in [-0.4, -0.2) is 28.3 Å². The van der Waals surface area contributed by atoms with E-state index in [0.29, 0.717) is 11.3 Å². The zero-order valence-corrected chi connectivity index (χ0v) is 13.9. The number of hydrogen-bond donors (Lipinski definition) is 0. The molecule has 128 valence electrons. The Morgan fingerprint density at radius 2 is 1.88 bits per heavy atom. The van der Waals surface area contributed by atoms with Crippen molar-refractivity contribution < 1.29 is 13.2 Å². The molecule has 2 aliphatic rings. The van der Waals surface area contributed by atoms with Crippen molar-refractivity contribution in [2.75, 3.05) is 0 Å². The minimum atomic E-state index is -3.24. The lowest BCUT2D eigenvalue weighted by Gasteiger charge is -2.42. The van der Waals surface area contributed by atoms with Crippen molar-refractivity contribution >= 4 is 16.6 Å². The van der Waals surface area contributed by atoms with E-state index in [1.54, 1.807) is 20.0 Å². The second-order valence-electron chi connectivity index (χ2n) is 7.07. The summed E-state index contributed by atoms with van der Waals surface area (Å²) in [4.78, 5) is 8.88. The van der Waals surface area contributed by atoms with E-state index in [1.165, 1.54) is 12.2 Å². The molecular weight excluding hydrogens is 325 g/mol. The summed E-state index contributed by atoms with van der Waals surface area (Å²) in [6.45, 7) is 3.11. The van der Waals surface area contributed by atoms with E-state index in [9.17, 15) is 13.2 Å². The highest BCUT2D eigenvalue weighted by Crippen LogP contribution is 2.47. The molecule has 1 aromatic heterocycles. The topological polar surface area (TPSA) is 25.2 Å². The molecular formula is C20H17F3N2. The highest BCUT2D eigenvalue weighted by Gasteiger charge is 2.54. The number of alkyl halides is 3. The van der Waals surface area contributed by atoms with Gasteiger partial charge in [-0.25, -0.2) is 13.2 Å². The molecule has 5 heteroatoms. The molecule has 1 aromatic carbocycles. The van der Waals surface area contributed by atoms with Crippen molar-refractivity contribution in [3.63, 3.8) is 0 Å². The fraction of sp³-hybridized carbons (Fsp3) is 0.300. The van der Waals surface area contributed by atoms with Gasteiger partial charge in [-0.3, -0.25) is 9.98 Å². The van der Waals surface area contributed by atoms with Gasteiger partial charge in [0.2, 0.25) is 0 Å². The summed E-state index contributed by atoms with van der Waals surface area (Å²) in [5.74, 6) is -4.78. The van der Waals surface area contributed by atoms with Crippen molar-refractivity contribution in [1.82, 2.24) is 4.98 Å². The van der Waals surface area contributed by atoms with Crippen LogP contribution < -0.4 is 0 Å². The fourth-order valence-corrected chi connectivity index (χ4v) is 3.53. The van der Waals surface area contributed by atoms with Crippen LogP contribution in [0.3, 0.4) is 0 Å². The molecule has 2 unspecified atom stereocenters. The van der Waals surface area contributed by atoms with Gasteiger partial charge >= 0.3 is 0 Å². The Bertz CT molecular complexity index is 941. The summed E-state index contributed by atoms with van der Waals surface area (Å²) in [6.07, 6.45) is 3.44. The average Bonchev–Trinajstić information content (AvgIpc) is 2.57. The van der Waals surface area contributed by atoms with Crippen molar-refractivity contribution in [1.29, 1.82) is 0 Å². The largest absolute Gasteiger partial charge is 0.276 e. The quantitative estimate of drug-likeness (QED) is 0.723. The van der Waals surface area contributed by atoms with E-state index in [0.717, 1.165) is 17.0 Å². The zero-order chi connectivity index (χ0) is 17.8. The number of hydrogen-bond acceptors (Lipinski definition) is 2. The van der Waals surface area contributed by atoms with E-state index in [2.05, 4.69) is 9.98 Å². The number of benzene rings is 1. The average molecular weight is 342 g/mol. The lowest BCUT2D eigenvalue weighted by atomic mass is 9.72. The lowest BCUT2D eigenvalue weighted by Crippen LogP contribution is -2.51. The minimum Gasteiger partial charge on any atom is -0.275 e. The Morgan fingerprint density at radius 1 is 1.12 bits per heavy atom. The van der Waals surface area contributed by atoms with Crippen LogP contribution in [0.15, 0.2) is 65.3 Å². The first-order chi connectivity index (χ1) is 11.8. The first-order valence-corrected chi connectivity index (χ1v) is 8.16. The molecule has 1 aliphatic carbocycles. The van der Waals surface area contributed by atoms with Gasteiger partial charge in [0.15, 0.2) is 0 Å². The normalized spacial score (nSPS) is 26.8. The van der Waals surface area contributed by atoms with E-state index in [1.807, 2.05) is 30.3 Å². The molecule has 2 heterocycles. The predicted octanol–water partition coefficient (Wildman–Crippen LogP) is 4.90. The van der Waals surface area contributed by atoms with Crippen LogP contribution in [0.4, 0.5) is 13.2 Å². The van der Waals surface area contributed by atoms with Crippen molar-refractivity contribution in [2.45, 2.75) is 31.5 Å². The van der Waals surface area contributed by atoms with Gasteiger partial charge in [-0.2, -0.15) is 0 Å². The molecule has 1 aliphatic heterocycles. The van der Waals surface area contributed by atoms with Gasteiger partial charge in [-0.1, -0.05) is 30.4 Å². The van der Waals surface area contributed by atoms with Gasteiger partial charge < -0.3 is 0 Å². The number of pyridine rings is 1. The summed E-state index contributed by atoms with van der Waals surface area (Å²) < 4.78 is 43.7. The van der Waals surface area contributed by atoms with Crippen LogP contribution in [-0.2, 0) is 0 Å². The van der Waals surface area contributed by atoms with Crippen molar-refractivity contribution in [3.05, 3.63) is 65.9 Å². The predicted molar refractivity (Wildman–Crippen MR) is 92.9 cm³/mol. The molecule has 0 fully saturated rings. The van der Waals surface area contributed by atoms with Gasteiger partial charge in [0.25, 0.3) is 5.92 Å². The highest BCUT2D eigenvalue weighted by molar-refractivity contribution is 6.15. The Labute approximate surface area is 143 Å². The molecule has 0 N–H and O–H groups in total. The number of nitrogens with zero attached hydrogens (tertiary/aromatic N) is 2. The Kier molecular flexibility index (Phi) is 3.39. The van der Waals surface area contributed by atoms with Gasteiger partial charge in [0, 0.05) is 17.1 Å². The Balaban J connectivity index is 1.92. The van der Waals surface area contributed by atoms with Crippen LogP contribution in [0.2, 0.25) is 0 Å². The molecule has 4 rings (SSSR count). The van der Waals surface area contributed by atoms with Crippen LogP contribution >= 0.6 is 0 Å². The summed E-state index contributed by atoms with van der Waals surface area (Å²) in [7, 11) is 0. The number of aliphatic imine (C=N–C) groups is 1. The standard InChI is InChI=1S/C20H17F3N2/c1-19(2)18(21)16-14(7-5-9-20(16,22)23)17(25-19)13-10-12-6-3-4-8-15(12)24-11-13/h3-11,16,18H,1-2H3. The first-order valence-electron chi connectivity index (χ1n) is 8.16. The summed E-state index contributed by atoms with van der Waals surface area (Å²) in [6, 6.07) is 9.42. The van der Waals surface area contributed by atoms with E-state index < -0.39 is 23.6 Å². The smallest absolute Gasteiger partial charge is 0.275 e. The molecule has 0 amide bonds. The molecule has 0 saturated heterocycles. The van der Waals surface area contributed by atoms with Crippen LogP contribution in [0.1, 0.15) is 19.4 Å².